The Balaban J connectivity index is 1.16. The molecule has 11 heteroatoms. The highest BCUT2D eigenvalue weighted by atomic mass is 16.6. The maximum Gasteiger partial charge on any atom is 0.417 e. The molecule has 39 heavy (non-hydrogen) atoms. The van der Waals surface area contributed by atoms with Gasteiger partial charge in [-0.25, -0.2) is 9.59 Å². The van der Waals surface area contributed by atoms with E-state index in [2.05, 4.69) is 15.2 Å². The Bertz CT molecular complexity index is 1600. The summed E-state index contributed by atoms with van der Waals surface area (Å²) in [6, 6.07) is 12.3. The van der Waals surface area contributed by atoms with E-state index in [0.717, 1.165) is 48.6 Å². The molecule has 2 amide bonds. The predicted octanol–water partition coefficient (Wildman–Crippen LogP) is 3.33. The van der Waals surface area contributed by atoms with Crippen LogP contribution in [-0.2, 0) is 6.42 Å². The molecule has 1 fully saturated rings. The fourth-order valence-corrected chi connectivity index (χ4v) is 5.48. The number of carbonyl (C=O) groups excluding carboxylic acids is 1. The SMILES string of the molecule is CO[n+]1ccc(Oc2cc(C)c3[nH]c(=O)oc3c2)cc1N1CCC(N2CCc3cc(O)ccc3NC2=O)CC1. The van der Waals surface area contributed by atoms with Gasteiger partial charge in [0.05, 0.1) is 24.7 Å². The molecule has 0 unspecified atom stereocenters. The number of aromatic nitrogens is 2. The van der Waals surface area contributed by atoms with Gasteiger partial charge >= 0.3 is 17.6 Å². The van der Waals surface area contributed by atoms with Crippen molar-refractivity contribution in [2.45, 2.75) is 32.2 Å². The number of benzene rings is 2. The first-order chi connectivity index (χ1) is 18.9. The monoisotopic (exact) mass is 532 g/mol. The number of ether oxygens (including phenoxy) is 1. The number of urea groups is 1. The highest BCUT2D eigenvalue weighted by Gasteiger charge is 2.34. The quantitative estimate of drug-likeness (QED) is 0.266. The van der Waals surface area contributed by atoms with Crippen molar-refractivity contribution < 1.29 is 28.6 Å². The first-order valence-electron chi connectivity index (χ1n) is 12.9. The third kappa shape index (κ3) is 4.83. The van der Waals surface area contributed by atoms with Gasteiger partial charge in [0.15, 0.2) is 5.58 Å². The van der Waals surface area contributed by atoms with Gasteiger partial charge in [-0.3, -0.25) is 9.88 Å². The first-order valence-corrected chi connectivity index (χ1v) is 12.9. The number of anilines is 2. The molecule has 2 aromatic carbocycles. The summed E-state index contributed by atoms with van der Waals surface area (Å²) in [7, 11) is 1.61. The van der Waals surface area contributed by atoms with Gasteiger partial charge < -0.3 is 29.3 Å². The number of phenolic OH excluding ortho intramolecular Hbond substituents is 1. The lowest BCUT2D eigenvalue weighted by Crippen LogP contribution is -2.52. The molecule has 0 saturated carbocycles. The van der Waals surface area contributed by atoms with Gasteiger partial charge in [-0.05, 0) is 53.5 Å². The number of piperidine rings is 1. The van der Waals surface area contributed by atoms with Crippen LogP contribution in [0.2, 0.25) is 0 Å². The molecule has 2 aromatic heterocycles. The van der Waals surface area contributed by atoms with Crippen LogP contribution in [-0.4, -0.2) is 53.8 Å². The Morgan fingerprint density at radius 2 is 1.87 bits per heavy atom. The minimum Gasteiger partial charge on any atom is -0.508 e. The Hall–Kier alpha value is -4.67. The van der Waals surface area contributed by atoms with Crippen LogP contribution in [0, 0.1) is 6.92 Å². The molecule has 2 aliphatic rings. The Morgan fingerprint density at radius 1 is 1.05 bits per heavy atom. The number of aryl methyl sites for hydroxylation is 1. The molecule has 202 valence electrons. The number of hydrogen-bond acceptors (Lipinski definition) is 7. The summed E-state index contributed by atoms with van der Waals surface area (Å²) >= 11 is 0. The molecule has 0 spiro atoms. The van der Waals surface area contributed by atoms with Gasteiger partial charge in [-0.15, -0.1) is 0 Å². The predicted molar refractivity (Wildman–Crippen MR) is 144 cm³/mol. The number of pyridine rings is 1. The van der Waals surface area contributed by atoms with E-state index < -0.39 is 5.76 Å². The number of aromatic hydroxyl groups is 1. The molecule has 0 aliphatic carbocycles. The van der Waals surface area contributed by atoms with E-state index in [1.807, 2.05) is 30.0 Å². The van der Waals surface area contributed by atoms with Crippen LogP contribution in [0.3, 0.4) is 0 Å². The number of oxazole rings is 1. The van der Waals surface area contributed by atoms with Crippen molar-refractivity contribution in [3.63, 3.8) is 0 Å². The number of rotatable bonds is 5. The fourth-order valence-electron chi connectivity index (χ4n) is 5.48. The molecule has 2 aliphatic heterocycles. The van der Waals surface area contributed by atoms with Crippen molar-refractivity contribution in [2.75, 3.05) is 37.0 Å². The lowest BCUT2D eigenvalue weighted by atomic mass is 10.0. The van der Waals surface area contributed by atoms with E-state index in [9.17, 15) is 14.7 Å². The second kappa shape index (κ2) is 9.90. The second-order valence-electron chi connectivity index (χ2n) is 9.89. The first kappa shape index (κ1) is 24.7. The molecule has 4 aromatic rings. The summed E-state index contributed by atoms with van der Waals surface area (Å²) < 4.78 is 13.0. The van der Waals surface area contributed by atoms with E-state index in [1.165, 1.54) is 0 Å². The Morgan fingerprint density at radius 3 is 2.67 bits per heavy atom. The van der Waals surface area contributed by atoms with E-state index in [4.69, 9.17) is 14.0 Å². The summed E-state index contributed by atoms with van der Waals surface area (Å²) in [5.74, 6) is 1.71. The van der Waals surface area contributed by atoms with Gasteiger partial charge in [0.2, 0.25) is 0 Å². The van der Waals surface area contributed by atoms with Crippen LogP contribution in [0.25, 0.3) is 11.1 Å². The number of aromatic amines is 1. The summed E-state index contributed by atoms with van der Waals surface area (Å²) in [6.07, 6.45) is 4.08. The molecule has 1 saturated heterocycles. The van der Waals surface area contributed by atoms with Crippen molar-refractivity contribution in [1.29, 1.82) is 0 Å². The lowest BCUT2D eigenvalue weighted by molar-refractivity contribution is -0.875. The zero-order chi connectivity index (χ0) is 27.1. The van der Waals surface area contributed by atoms with Crippen molar-refractivity contribution in [3.05, 3.63) is 70.3 Å². The Kier molecular flexibility index (Phi) is 6.26. The average molecular weight is 533 g/mol. The zero-order valence-corrected chi connectivity index (χ0v) is 21.8. The van der Waals surface area contributed by atoms with E-state index in [-0.39, 0.29) is 17.8 Å². The molecule has 3 N–H and O–H groups in total. The van der Waals surface area contributed by atoms with Gasteiger partial charge in [0, 0.05) is 43.2 Å². The van der Waals surface area contributed by atoms with Crippen molar-refractivity contribution >= 4 is 28.6 Å². The standard InChI is InChI=1S/C28H29N5O6/c1-17-13-22(15-24-26(17)30-28(36)39-24)38-21-8-12-33(37-2)25(16-21)31-9-6-19(7-10-31)32-11-5-18-14-20(34)3-4-23(18)29-27(32)35/h3-4,8,12-16,19H,5-7,9-11H2,1-2H3,(H2-,29,30,34,35,36)/p+1. The molecule has 0 radical (unpaired) electrons. The molecule has 0 atom stereocenters. The van der Waals surface area contributed by atoms with E-state index >= 15 is 0 Å². The molecule has 4 heterocycles. The summed E-state index contributed by atoms with van der Waals surface area (Å²) in [4.78, 5) is 37.0. The van der Waals surface area contributed by atoms with Gasteiger partial charge in [-0.2, -0.15) is 0 Å². The number of amides is 2. The zero-order valence-electron chi connectivity index (χ0n) is 21.8. The normalized spacial score (nSPS) is 16.1. The lowest BCUT2D eigenvalue weighted by Gasteiger charge is -2.35. The summed E-state index contributed by atoms with van der Waals surface area (Å²) in [5, 5.41) is 12.8. The minimum absolute atomic E-state index is 0.102. The smallest absolute Gasteiger partial charge is 0.417 e. The molecule has 0 bridgehead atoms. The van der Waals surface area contributed by atoms with Crippen LogP contribution in [0.15, 0.2) is 57.9 Å². The molecule has 6 rings (SSSR count). The van der Waals surface area contributed by atoms with Crippen molar-refractivity contribution in [2.24, 2.45) is 0 Å². The molecular weight excluding hydrogens is 502 g/mol. The van der Waals surface area contributed by atoms with Gasteiger partial charge in [0.1, 0.15) is 30.6 Å². The van der Waals surface area contributed by atoms with Gasteiger partial charge in [-0.1, -0.05) is 0 Å². The van der Waals surface area contributed by atoms with E-state index in [1.54, 1.807) is 42.3 Å². The van der Waals surface area contributed by atoms with Crippen LogP contribution < -0.4 is 30.3 Å². The summed E-state index contributed by atoms with van der Waals surface area (Å²) in [5.41, 5.74) is 3.63. The van der Waals surface area contributed by atoms with Crippen LogP contribution >= 0.6 is 0 Å². The number of hydrogen-bond donors (Lipinski definition) is 3. The third-order valence-corrected chi connectivity index (χ3v) is 7.45. The average Bonchev–Trinajstić information content (AvgIpc) is 3.22. The van der Waals surface area contributed by atoms with Crippen LogP contribution in [0.1, 0.15) is 24.0 Å². The number of H-pyrrole nitrogens is 1. The number of nitrogens with one attached hydrogen (secondary N) is 2. The maximum absolute atomic E-state index is 13.0. The minimum atomic E-state index is -0.502. The number of nitrogens with zero attached hydrogens (tertiary/aromatic N) is 3. The number of phenols is 1. The van der Waals surface area contributed by atoms with Crippen molar-refractivity contribution in [1.82, 2.24) is 9.88 Å². The highest BCUT2D eigenvalue weighted by Crippen LogP contribution is 2.31. The van der Waals surface area contributed by atoms with Gasteiger partial charge in [0.25, 0.3) is 0 Å². The largest absolute Gasteiger partial charge is 0.508 e. The number of carbonyl (C=O) groups is 1. The highest BCUT2D eigenvalue weighted by molar-refractivity contribution is 5.91. The molecular formula is C28H30N5O6+. The molecule has 11 nitrogen and oxygen atoms in total. The van der Waals surface area contributed by atoms with Crippen LogP contribution in [0.4, 0.5) is 16.3 Å². The van der Waals surface area contributed by atoms with Crippen molar-refractivity contribution in [3.8, 4) is 17.2 Å². The van der Waals surface area contributed by atoms with Crippen LogP contribution in [0.5, 0.6) is 17.2 Å². The van der Waals surface area contributed by atoms with E-state index in [0.29, 0.717) is 35.6 Å². The topological polar surface area (TPSA) is 124 Å². The fraction of sp³-hybridized carbons (Fsp3) is 0.321. The summed E-state index contributed by atoms with van der Waals surface area (Å²) in [6.45, 7) is 3.94. The second-order valence-corrected chi connectivity index (χ2v) is 9.89. The maximum atomic E-state index is 13.0. The number of fused-ring (bicyclic) bond motifs is 2. The third-order valence-electron chi connectivity index (χ3n) is 7.45. The Labute approximate surface area is 224 Å².